The van der Waals surface area contributed by atoms with Crippen molar-refractivity contribution in [3.63, 3.8) is 0 Å². The molecule has 3 rings (SSSR count). The van der Waals surface area contributed by atoms with Gasteiger partial charge in [0.2, 0.25) is 0 Å². The van der Waals surface area contributed by atoms with E-state index in [0.717, 1.165) is 6.07 Å². The highest BCUT2D eigenvalue weighted by Crippen LogP contribution is 2.33. The average molecular weight is 279 g/mol. The summed E-state index contributed by atoms with van der Waals surface area (Å²) in [5, 5.41) is 9.70. The third kappa shape index (κ3) is 1.63. The summed E-state index contributed by atoms with van der Waals surface area (Å²) in [5.74, 6) is -3.86. The van der Waals surface area contributed by atoms with Gasteiger partial charge in [0.15, 0.2) is 17.5 Å². The molecule has 0 amide bonds. The number of hydrogen-bond donors (Lipinski definition) is 1. The first-order chi connectivity index (χ1) is 9.58. The highest BCUT2D eigenvalue weighted by atomic mass is 19.2. The van der Waals surface area contributed by atoms with Crippen molar-refractivity contribution in [2.75, 3.05) is 0 Å². The van der Waals surface area contributed by atoms with E-state index in [1.807, 2.05) is 6.92 Å². The molecule has 0 aliphatic rings. The van der Waals surface area contributed by atoms with Crippen molar-refractivity contribution < 1.29 is 18.3 Å². The van der Waals surface area contributed by atoms with Crippen LogP contribution in [0.25, 0.3) is 21.8 Å². The molecule has 20 heavy (non-hydrogen) atoms. The summed E-state index contributed by atoms with van der Waals surface area (Å²) in [7, 11) is 0. The molecule has 2 nitrogen and oxygen atoms in total. The molecule has 0 aliphatic carbocycles. The van der Waals surface area contributed by atoms with Crippen molar-refractivity contribution in [2.24, 2.45) is 0 Å². The van der Waals surface area contributed by atoms with E-state index in [2.05, 4.69) is 0 Å². The lowest BCUT2D eigenvalue weighted by Crippen LogP contribution is -1.96. The van der Waals surface area contributed by atoms with Crippen LogP contribution in [-0.4, -0.2) is 9.67 Å². The monoisotopic (exact) mass is 279 g/mol. The van der Waals surface area contributed by atoms with Crippen LogP contribution in [0.5, 0.6) is 0 Å². The standard InChI is InChI=1S/C15H12F3NO/c1-2-19-11-4-3-8(7-20)5-9(11)13-12(19)6-10(16)14(17)15(13)18/h3-6,20H,2,7H2,1H3. The Labute approximate surface area is 113 Å². The zero-order chi connectivity index (χ0) is 14.4. The Bertz CT molecular complexity index is 823. The summed E-state index contributed by atoms with van der Waals surface area (Å²) in [6.07, 6.45) is 0. The molecule has 0 saturated carbocycles. The maximum absolute atomic E-state index is 14.1. The molecule has 0 fully saturated rings. The lowest BCUT2D eigenvalue weighted by Gasteiger charge is -2.03. The van der Waals surface area contributed by atoms with Gasteiger partial charge in [-0.2, -0.15) is 0 Å². The molecule has 1 N–H and O–H groups in total. The molecule has 0 spiro atoms. The van der Waals surface area contributed by atoms with Crippen LogP contribution in [0.3, 0.4) is 0 Å². The zero-order valence-electron chi connectivity index (χ0n) is 10.8. The van der Waals surface area contributed by atoms with Gasteiger partial charge in [-0.3, -0.25) is 0 Å². The molecule has 0 radical (unpaired) electrons. The van der Waals surface area contributed by atoms with Gasteiger partial charge in [0.05, 0.1) is 12.1 Å². The lowest BCUT2D eigenvalue weighted by atomic mass is 10.1. The quantitative estimate of drug-likeness (QED) is 0.710. The van der Waals surface area contributed by atoms with Gasteiger partial charge in [-0.15, -0.1) is 0 Å². The summed E-state index contributed by atoms with van der Waals surface area (Å²) < 4.78 is 42.7. The number of halogens is 3. The number of aryl methyl sites for hydroxylation is 1. The van der Waals surface area contributed by atoms with Crippen LogP contribution in [0.15, 0.2) is 24.3 Å². The molecule has 0 atom stereocenters. The van der Waals surface area contributed by atoms with Crippen molar-refractivity contribution >= 4 is 21.8 Å². The van der Waals surface area contributed by atoms with Gasteiger partial charge in [0, 0.05) is 28.9 Å². The van der Waals surface area contributed by atoms with Gasteiger partial charge in [0.25, 0.3) is 0 Å². The summed E-state index contributed by atoms with van der Waals surface area (Å²) in [6, 6.07) is 6.04. The van der Waals surface area contributed by atoms with Crippen molar-refractivity contribution in [1.29, 1.82) is 0 Å². The first kappa shape index (κ1) is 13.0. The minimum absolute atomic E-state index is 0.0519. The summed E-state index contributed by atoms with van der Waals surface area (Å²) in [6.45, 7) is 2.15. The molecule has 3 aromatic rings. The van der Waals surface area contributed by atoms with Crippen molar-refractivity contribution in [3.05, 3.63) is 47.3 Å². The van der Waals surface area contributed by atoms with Crippen molar-refractivity contribution in [3.8, 4) is 0 Å². The number of aliphatic hydroxyl groups is 1. The fraction of sp³-hybridized carbons (Fsp3) is 0.200. The lowest BCUT2D eigenvalue weighted by molar-refractivity contribution is 0.282. The molecule has 5 heteroatoms. The predicted molar refractivity (Wildman–Crippen MR) is 70.9 cm³/mol. The molecule has 1 aromatic heterocycles. The van der Waals surface area contributed by atoms with Gasteiger partial charge >= 0.3 is 0 Å². The molecule has 104 valence electrons. The van der Waals surface area contributed by atoms with Crippen LogP contribution in [0, 0.1) is 17.5 Å². The normalized spacial score (nSPS) is 11.7. The van der Waals surface area contributed by atoms with E-state index < -0.39 is 17.5 Å². The van der Waals surface area contributed by atoms with Crippen LogP contribution in [-0.2, 0) is 13.2 Å². The van der Waals surface area contributed by atoms with Gasteiger partial charge in [0.1, 0.15) is 0 Å². The average Bonchev–Trinajstić information content (AvgIpc) is 2.77. The molecule has 0 aliphatic heterocycles. The summed E-state index contributed by atoms with van der Waals surface area (Å²) in [5.41, 5.74) is 1.59. The molecule has 0 unspecified atom stereocenters. The van der Waals surface area contributed by atoms with Crippen LogP contribution in [0.2, 0.25) is 0 Å². The summed E-state index contributed by atoms with van der Waals surface area (Å²) in [4.78, 5) is 0. The number of rotatable bonds is 2. The van der Waals surface area contributed by atoms with Crippen LogP contribution >= 0.6 is 0 Å². The van der Waals surface area contributed by atoms with Gasteiger partial charge in [-0.05, 0) is 24.6 Å². The number of nitrogens with zero attached hydrogens (tertiary/aromatic N) is 1. The fourth-order valence-corrected chi connectivity index (χ4v) is 2.64. The Morgan fingerprint density at radius 3 is 2.45 bits per heavy atom. The Hall–Kier alpha value is -2.01. The van der Waals surface area contributed by atoms with Crippen molar-refractivity contribution in [1.82, 2.24) is 4.57 Å². The Morgan fingerprint density at radius 1 is 1.05 bits per heavy atom. The minimum atomic E-state index is -1.47. The highest BCUT2D eigenvalue weighted by Gasteiger charge is 2.20. The van der Waals surface area contributed by atoms with E-state index in [0.29, 0.717) is 28.5 Å². The number of aromatic nitrogens is 1. The molecule has 1 heterocycles. The van der Waals surface area contributed by atoms with E-state index in [4.69, 9.17) is 5.11 Å². The number of hydrogen-bond acceptors (Lipinski definition) is 1. The van der Waals surface area contributed by atoms with E-state index in [-0.39, 0.29) is 12.0 Å². The zero-order valence-corrected chi connectivity index (χ0v) is 10.8. The molecule has 0 bridgehead atoms. The third-order valence-corrected chi connectivity index (χ3v) is 3.55. The molecular formula is C15H12F3NO. The predicted octanol–water partition coefficient (Wildman–Crippen LogP) is 3.72. The number of aliphatic hydroxyl groups excluding tert-OH is 1. The Kier molecular flexibility index (Phi) is 2.94. The van der Waals surface area contributed by atoms with Crippen LogP contribution < -0.4 is 0 Å². The first-order valence-corrected chi connectivity index (χ1v) is 6.27. The second-order valence-electron chi connectivity index (χ2n) is 4.63. The van der Waals surface area contributed by atoms with E-state index in [9.17, 15) is 13.2 Å². The molecular weight excluding hydrogens is 267 g/mol. The Balaban J connectivity index is 2.57. The van der Waals surface area contributed by atoms with E-state index in [1.54, 1.807) is 22.8 Å². The number of benzene rings is 2. The third-order valence-electron chi connectivity index (χ3n) is 3.55. The maximum Gasteiger partial charge on any atom is 0.195 e. The van der Waals surface area contributed by atoms with Crippen LogP contribution in [0.1, 0.15) is 12.5 Å². The van der Waals surface area contributed by atoms with Gasteiger partial charge in [-0.25, -0.2) is 13.2 Å². The molecule has 0 saturated heterocycles. The van der Waals surface area contributed by atoms with Crippen molar-refractivity contribution in [2.45, 2.75) is 20.1 Å². The highest BCUT2D eigenvalue weighted by molar-refractivity contribution is 6.08. The van der Waals surface area contributed by atoms with E-state index in [1.165, 1.54) is 0 Å². The fourth-order valence-electron chi connectivity index (χ4n) is 2.64. The maximum atomic E-state index is 14.1. The minimum Gasteiger partial charge on any atom is -0.392 e. The number of fused-ring (bicyclic) bond motifs is 3. The van der Waals surface area contributed by atoms with Gasteiger partial charge < -0.3 is 9.67 Å². The smallest absolute Gasteiger partial charge is 0.195 e. The largest absolute Gasteiger partial charge is 0.392 e. The first-order valence-electron chi connectivity index (χ1n) is 6.27. The second-order valence-corrected chi connectivity index (χ2v) is 4.63. The van der Waals surface area contributed by atoms with Crippen LogP contribution in [0.4, 0.5) is 13.2 Å². The summed E-state index contributed by atoms with van der Waals surface area (Å²) >= 11 is 0. The second kappa shape index (κ2) is 4.52. The van der Waals surface area contributed by atoms with E-state index >= 15 is 0 Å². The Morgan fingerprint density at radius 2 is 1.80 bits per heavy atom. The SMILES string of the molecule is CCn1c2ccc(CO)cc2c2c(F)c(F)c(F)cc21. The van der Waals surface area contributed by atoms with Gasteiger partial charge in [-0.1, -0.05) is 6.07 Å². The molecule has 2 aromatic carbocycles. The topological polar surface area (TPSA) is 25.2 Å².